The Bertz CT molecular complexity index is 372. The van der Waals surface area contributed by atoms with E-state index in [0.717, 1.165) is 39.4 Å². The van der Waals surface area contributed by atoms with Crippen LogP contribution >= 0.6 is 11.3 Å². The highest BCUT2D eigenvalue weighted by Crippen LogP contribution is 2.29. The first-order chi connectivity index (χ1) is 9.60. The van der Waals surface area contributed by atoms with Crippen LogP contribution in [0.4, 0.5) is 0 Å². The first-order valence-electron chi connectivity index (χ1n) is 7.59. The summed E-state index contributed by atoms with van der Waals surface area (Å²) in [6.07, 6.45) is 1.17. The van der Waals surface area contributed by atoms with E-state index in [1.54, 1.807) is 0 Å². The lowest BCUT2D eigenvalue weighted by molar-refractivity contribution is 0.116. The molecule has 1 aliphatic rings. The standard InChI is InChI=1S/C16H28N2OS/c1-14(2)9-17-11-16(6-7-19-13-16)12-18(3)10-15-5-4-8-20-15/h4-5,8,14,17H,6-7,9-13H2,1-3H3. The van der Waals surface area contributed by atoms with E-state index in [1.807, 2.05) is 11.3 Å². The minimum absolute atomic E-state index is 0.293. The van der Waals surface area contributed by atoms with Gasteiger partial charge in [0.15, 0.2) is 0 Å². The summed E-state index contributed by atoms with van der Waals surface area (Å²) in [6, 6.07) is 4.35. The summed E-state index contributed by atoms with van der Waals surface area (Å²) in [5.41, 5.74) is 0.293. The minimum atomic E-state index is 0.293. The van der Waals surface area contributed by atoms with Gasteiger partial charge in [0.05, 0.1) is 6.61 Å². The molecule has 1 atom stereocenters. The van der Waals surface area contributed by atoms with Gasteiger partial charge in [0.1, 0.15) is 0 Å². The molecule has 1 unspecified atom stereocenters. The minimum Gasteiger partial charge on any atom is -0.381 e. The van der Waals surface area contributed by atoms with Crippen LogP contribution in [0.2, 0.25) is 0 Å². The van der Waals surface area contributed by atoms with Gasteiger partial charge in [-0.1, -0.05) is 19.9 Å². The van der Waals surface area contributed by atoms with Crippen molar-refractivity contribution in [1.29, 1.82) is 0 Å². The fraction of sp³-hybridized carbons (Fsp3) is 0.750. The topological polar surface area (TPSA) is 24.5 Å². The van der Waals surface area contributed by atoms with Crippen LogP contribution in [0, 0.1) is 11.3 Å². The molecule has 1 saturated heterocycles. The van der Waals surface area contributed by atoms with Crippen molar-refractivity contribution in [2.45, 2.75) is 26.8 Å². The second-order valence-corrected chi connectivity index (χ2v) is 7.61. The maximum absolute atomic E-state index is 5.69. The molecular formula is C16H28N2OS. The summed E-state index contributed by atoms with van der Waals surface area (Å²) >= 11 is 1.84. The molecule has 0 bridgehead atoms. The van der Waals surface area contributed by atoms with Crippen LogP contribution in [-0.4, -0.2) is 44.8 Å². The molecule has 2 rings (SSSR count). The third kappa shape index (κ3) is 4.85. The summed E-state index contributed by atoms with van der Waals surface area (Å²) in [4.78, 5) is 3.88. The molecule has 1 aliphatic heterocycles. The average molecular weight is 296 g/mol. The number of nitrogens with one attached hydrogen (secondary N) is 1. The van der Waals surface area contributed by atoms with Crippen LogP contribution in [0.25, 0.3) is 0 Å². The molecule has 3 nitrogen and oxygen atoms in total. The number of hydrogen-bond acceptors (Lipinski definition) is 4. The van der Waals surface area contributed by atoms with Gasteiger partial charge >= 0.3 is 0 Å². The highest BCUT2D eigenvalue weighted by atomic mass is 32.1. The van der Waals surface area contributed by atoms with Crippen molar-refractivity contribution in [3.8, 4) is 0 Å². The van der Waals surface area contributed by atoms with Crippen LogP contribution in [0.5, 0.6) is 0 Å². The zero-order chi connectivity index (χ0) is 14.4. The molecule has 1 aromatic rings. The van der Waals surface area contributed by atoms with Crippen molar-refractivity contribution in [2.75, 3.05) is 39.9 Å². The van der Waals surface area contributed by atoms with E-state index in [-0.39, 0.29) is 0 Å². The van der Waals surface area contributed by atoms with Gasteiger partial charge in [-0.2, -0.15) is 0 Å². The van der Waals surface area contributed by atoms with Crippen LogP contribution in [0.3, 0.4) is 0 Å². The van der Waals surface area contributed by atoms with Gasteiger partial charge in [0.25, 0.3) is 0 Å². The van der Waals surface area contributed by atoms with Crippen LogP contribution in [0.15, 0.2) is 17.5 Å². The molecule has 0 radical (unpaired) electrons. The van der Waals surface area contributed by atoms with Gasteiger partial charge in [-0.15, -0.1) is 11.3 Å². The SMILES string of the molecule is CC(C)CNCC1(CN(C)Cc2cccs2)CCOC1. The molecule has 0 aliphatic carbocycles. The van der Waals surface area contributed by atoms with Crippen molar-refractivity contribution in [1.82, 2.24) is 10.2 Å². The van der Waals surface area contributed by atoms with Crippen LogP contribution in [-0.2, 0) is 11.3 Å². The molecule has 1 N–H and O–H groups in total. The molecule has 0 amide bonds. The largest absolute Gasteiger partial charge is 0.381 e. The van der Waals surface area contributed by atoms with Gasteiger partial charge < -0.3 is 15.0 Å². The third-order valence-electron chi connectivity index (χ3n) is 3.85. The average Bonchev–Trinajstić information content (AvgIpc) is 3.01. The molecule has 1 aromatic heterocycles. The molecule has 0 spiro atoms. The molecule has 4 heteroatoms. The Balaban J connectivity index is 1.84. The maximum Gasteiger partial charge on any atom is 0.0547 e. The van der Waals surface area contributed by atoms with Crippen LogP contribution < -0.4 is 5.32 Å². The second-order valence-electron chi connectivity index (χ2n) is 6.58. The molecule has 2 heterocycles. The predicted octanol–water partition coefficient (Wildman–Crippen LogP) is 2.83. The van der Waals surface area contributed by atoms with Gasteiger partial charge in [-0.05, 0) is 37.4 Å². The zero-order valence-corrected chi connectivity index (χ0v) is 13.8. The van der Waals surface area contributed by atoms with Crippen molar-refractivity contribution in [3.63, 3.8) is 0 Å². The Labute approximate surface area is 127 Å². The van der Waals surface area contributed by atoms with Gasteiger partial charge in [0.2, 0.25) is 0 Å². The van der Waals surface area contributed by atoms with E-state index in [1.165, 1.54) is 11.3 Å². The summed E-state index contributed by atoms with van der Waals surface area (Å²) in [5.74, 6) is 0.707. The first kappa shape index (κ1) is 16.0. The van der Waals surface area contributed by atoms with Crippen molar-refractivity contribution in [3.05, 3.63) is 22.4 Å². The molecule has 114 valence electrons. The normalized spacial score (nSPS) is 23.1. The zero-order valence-electron chi connectivity index (χ0n) is 13.0. The van der Waals surface area contributed by atoms with Crippen LogP contribution in [0.1, 0.15) is 25.1 Å². The second kappa shape index (κ2) is 7.55. The lowest BCUT2D eigenvalue weighted by atomic mass is 9.86. The summed E-state index contributed by atoms with van der Waals surface area (Å²) in [5, 5.41) is 5.78. The molecule has 1 fully saturated rings. The lowest BCUT2D eigenvalue weighted by Gasteiger charge is -2.32. The van der Waals surface area contributed by atoms with E-state index in [2.05, 4.69) is 48.6 Å². The monoisotopic (exact) mass is 296 g/mol. The van der Waals surface area contributed by atoms with Crippen molar-refractivity contribution < 1.29 is 4.74 Å². The number of rotatable bonds is 8. The summed E-state index contributed by atoms with van der Waals surface area (Å²) < 4.78 is 5.69. The van der Waals surface area contributed by atoms with Gasteiger partial charge in [0, 0.05) is 36.5 Å². The highest BCUT2D eigenvalue weighted by molar-refractivity contribution is 7.09. The number of nitrogens with zero attached hydrogens (tertiary/aromatic N) is 1. The Hall–Kier alpha value is -0.420. The van der Waals surface area contributed by atoms with E-state index in [4.69, 9.17) is 4.74 Å². The van der Waals surface area contributed by atoms with Gasteiger partial charge in [-0.25, -0.2) is 0 Å². The predicted molar refractivity (Wildman–Crippen MR) is 86.2 cm³/mol. The summed E-state index contributed by atoms with van der Waals surface area (Å²) in [6.45, 7) is 10.6. The fourth-order valence-corrected chi connectivity index (χ4v) is 3.68. The summed E-state index contributed by atoms with van der Waals surface area (Å²) in [7, 11) is 2.22. The lowest BCUT2D eigenvalue weighted by Crippen LogP contribution is -2.44. The molecule has 20 heavy (non-hydrogen) atoms. The van der Waals surface area contributed by atoms with Crippen molar-refractivity contribution >= 4 is 11.3 Å². The Morgan fingerprint density at radius 2 is 2.35 bits per heavy atom. The number of thiophene rings is 1. The Morgan fingerprint density at radius 3 is 2.95 bits per heavy atom. The maximum atomic E-state index is 5.69. The van der Waals surface area contributed by atoms with Gasteiger partial charge in [-0.3, -0.25) is 0 Å². The van der Waals surface area contributed by atoms with E-state index in [0.29, 0.717) is 11.3 Å². The first-order valence-corrected chi connectivity index (χ1v) is 8.47. The van der Waals surface area contributed by atoms with E-state index >= 15 is 0 Å². The quantitative estimate of drug-likeness (QED) is 0.798. The van der Waals surface area contributed by atoms with E-state index in [9.17, 15) is 0 Å². The number of ether oxygens (including phenoxy) is 1. The number of hydrogen-bond donors (Lipinski definition) is 1. The smallest absolute Gasteiger partial charge is 0.0547 e. The Morgan fingerprint density at radius 1 is 1.50 bits per heavy atom. The van der Waals surface area contributed by atoms with E-state index < -0.39 is 0 Å². The van der Waals surface area contributed by atoms with Crippen molar-refractivity contribution in [2.24, 2.45) is 11.3 Å². The highest BCUT2D eigenvalue weighted by Gasteiger charge is 2.35. The third-order valence-corrected chi connectivity index (χ3v) is 4.71. The fourth-order valence-electron chi connectivity index (χ4n) is 2.89. The Kier molecular flexibility index (Phi) is 6.02. The molecule has 0 saturated carbocycles. The molecule has 0 aromatic carbocycles. The molecular weight excluding hydrogens is 268 g/mol.